The summed E-state index contributed by atoms with van der Waals surface area (Å²) in [7, 11) is 1.62. The number of carbonyl (C=O) groups excluding carboxylic acids is 1. The molecule has 5 nitrogen and oxygen atoms in total. The molecular formula is C19H25NO4. The quantitative estimate of drug-likeness (QED) is 0.786. The van der Waals surface area contributed by atoms with Gasteiger partial charge in [0, 0.05) is 6.54 Å². The van der Waals surface area contributed by atoms with Gasteiger partial charge in [0.2, 0.25) is 5.91 Å². The number of carboxylic acids is 1. The summed E-state index contributed by atoms with van der Waals surface area (Å²) >= 11 is 0. The average Bonchev–Trinajstić information content (AvgIpc) is 2.57. The molecule has 0 heterocycles. The summed E-state index contributed by atoms with van der Waals surface area (Å²) in [4.78, 5) is 23.9. The highest BCUT2D eigenvalue weighted by Crippen LogP contribution is 2.34. The van der Waals surface area contributed by atoms with Crippen LogP contribution in [-0.4, -0.2) is 30.6 Å². The number of carboxylic acid groups (broad SMARTS) is 1. The first-order chi connectivity index (χ1) is 11.4. The number of amides is 1. The summed E-state index contributed by atoms with van der Waals surface area (Å²) in [6.07, 6.45) is 1.68. The fourth-order valence-corrected chi connectivity index (χ4v) is 3.08. The molecular weight excluding hydrogens is 306 g/mol. The normalized spacial score (nSPS) is 20.6. The minimum absolute atomic E-state index is 0.164. The van der Waals surface area contributed by atoms with Crippen LogP contribution < -0.4 is 10.1 Å². The number of aliphatic carboxylic acids is 1. The summed E-state index contributed by atoms with van der Waals surface area (Å²) in [6.45, 7) is 4.42. The molecule has 0 radical (unpaired) electrons. The van der Waals surface area contributed by atoms with Crippen molar-refractivity contribution in [2.75, 3.05) is 13.7 Å². The lowest BCUT2D eigenvalue weighted by Crippen LogP contribution is -2.40. The number of allylic oxidation sites excluding steroid dienone is 2. The minimum Gasteiger partial charge on any atom is -0.497 e. The fourth-order valence-electron chi connectivity index (χ4n) is 3.08. The number of rotatable bonds is 6. The molecule has 2 N–H and O–H groups in total. The van der Waals surface area contributed by atoms with E-state index in [1.165, 1.54) is 0 Å². The van der Waals surface area contributed by atoms with Crippen molar-refractivity contribution in [1.82, 2.24) is 5.32 Å². The third-order valence-electron chi connectivity index (χ3n) is 4.79. The van der Waals surface area contributed by atoms with E-state index in [9.17, 15) is 14.7 Å². The van der Waals surface area contributed by atoms with Crippen LogP contribution in [0.2, 0.25) is 0 Å². The number of ether oxygens (including phenoxy) is 1. The second-order valence-corrected chi connectivity index (χ2v) is 6.41. The van der Waals surface area contributed by atoms with Crippen molar-refractivity contribution in [3.63, 3.8) is 0 Å². The molecule has 0 aromatic heterocycles. The van der Waals surface area contributed by atoms with Crippen molar-refractivity contribution in [2.45, 2.75) is 33.1 Å². The number of carbonyl (C=O) groups is 2. The molecule has 0 spiro atoms. The van der Waals surface area contributed by atoms with Gasteiger partial charge in [-0.2, -0.15) is 0 Å². The van der Waals surface area contributed by atoms with Crippen LogP contribution >= 0.6 is 0 Å². The van der Waals surface area contributed by atoms with Crippen LogP contribution in [0.5, 0.6) is 5.75 Å². The van der Waals surface area contributed by atoms with Crippen LogP contribution in [-0.2, 0) is 16.0 Å². The van der Waals surface area contributed by atoms with Crippen molar-refractivity contribution >= 4 is 11.9 Å². The van der Waals surface area contributed by atoms with Gasteiger partial charge in [0.1, 0.15) is 5.75 Å². The lowest BCUT2D eigenvalue weighted by molar-refractivity contribution is -0.147. The van der Waals surface area contributed by atoms with Gasteiger partial charge < -0.3 is 15.2 Å². The monoisotopic (exact) mass is 331 g/mol. The zero-order chi connectivity index (χ0) is 17.7. The molecule has 0 fully saturated rings. The van der Waals surface area contributed by atoms with E-state index in [1.807, 2.05) is 38.1 Å². The second kappa shape index (κ2) is 7.99. The molecule has 1 amide bonds. The van der Waals surface area contributed by atoms with Crippen LogP contribution in [0, 0.1) is 11.8 Å². The maximum absolute atomic E-state index is 12.4. The van der Waals surface area contributed by atoms with E-state index in [-0.39, 0.29) is 5.91 Å². The van der Waals surface area contributed by atoms with E-state index in [1.54, 1.807) is 7.11 Å². The van der Waals surface area contributed by atoms with Crippen LogP contribution in [0.25, 0.3) is 0 Å². The molecule has 1 aromatic rings. The summed E-state index contributed by atoms with van der Waals surface area (Å²) in [5.74, 6) is -1.37. The van der Waals surface area contributed by atoms with Gasteiger partial charge in [0.05, 0.1) is 18.9 Å². The Hall–Kier alpha value is -2.30. The Morgan fingerprint density at radius 2 is 1.71 bits per heavy atom. The molecule has 0 saturated heterocycles. The Bertz CT molecular complexity index is 633. The van der Waals surface area contributed by atoms with Crippen molar-refractivity contribution in [2.24, 2.45) is 11.8 Å². The van der Waals surface area contributed by atoms with Gasteiger partial charge >= 0.3 is 5.97 Å². The molecule has 24 heavy (non-hydrogen) atoms. The zero-order valence-corrected chi connectivity index (χ0v) is 14.5. The van der Waals surface area contributed by atoms with E-state index in [0.29, 0.717) is 25.8 Å². The number of methoxy groups -OCH3 is 1. The Kier molecular flexibility index (Phi) is 6.01. The molecule has 0 aliphatic heterocycles. The Morgan fingerprint density at radius 1 is 1.12 bits per heavy atom. The third kappa shape index (κ3) is 4.37. The van der Waals surface area contributed by atoms with Gasteiger partial charge in [-0.15, -0.1) is 0 Å². The zero-order valence-electron chi connectivity index (χ0n) is 14.5. The van der Waals surface area contributed by atoms with Crippen LogP contribution in [0.15, 0.2) is 35.4 Å². The van der Waals surface area contributed by atoms with E-state index in [0.717, 1.165) is 22.5 Å². The second-order valence-electron chi connectivity index (χ2n) is 6.41. The van der Waals surface area contributed by atoms with Crippen LogP contribution in [0.3, 0.4) is 0 Å². The number of nitrogens with one attached hydrogen (secondary N) is 1. The minimum atomic E-state index is -0.892. The van der Waals surface area contributed by atoms with Gasteiger partial charge in [-0.25, -0.2) is 0 Å². The standard InChI is InChI=1S/C19H25NO4/c1-12-10-16(17(19(22)23)11-13(12)2)18(21)20-9-8-14-4-6-15(24-3)7-5-14/h4-7,16-17H,8-11H2,1-3H3,(H,20,21)(H,22,23). The third-order valence-corrected chi connectivity index (χ3v) is 4.79. The van der Waals surface area contributed by atoms with Gasteiger partial charge in [-0.3, -0.25) is 9.59 Å². The summed E-state index contributed by atoms with van der Waals surface area (Å²) in [5, 5.41) is 12.3. The summed E-state index contributed by atoms with van der Waals surface area (Å²) in [5.41, 5.74) is 3.31. The highest BCUT2D eigenvalue weighted by molar-refractivity contribution is 5.85. The highest BCUT2D eigenvalue weighted by atomic mass is 16.5. The van der Waals surface area contributed by atoms with Gasteiger partial charge in [-0.1, -0.05) is 23.3 Å². The van der Waals surface area contributed by atoms with Gasteiger partial charge in [-0.05, 0) is 50.8 Å². The Balaban J connectivity index is 1.91. The largest absolute Gasteiger partial charge is 0.497 e. The Morgan fingerprint density at radius 3 is 2.25 bits per heavy atom. The van der Waals surface area contributed by atoms with Crippen molar-refractivity contribution in [1.29, 1.82) is 0 Å². The fraction of sp³-hybridized carbons (Fsp3) is 0.474. The van der Waals surface area contributed by atoms with Crippen molar-refractivity contribution in [3.8, 4) is 5.75 Å². The summed E-state index contributed by atoms with van der Waals surface area (Å²) in [6, 6.07) is 7.69. The predicted octanol–water partition coefficient (Wildman–Crippen LogP) is 2.80. The highest BCUT2D eigenvalue weighted by Gasteiger charge is 2.36. The van der Waals surface area contributed by atoms with E-state index < -0.39 is 17.8 Å². The number of hydrogen-bond acceptors (Lipinski definition) is 3. The lowest BCUT2D eigenvalue weighted by atomic mass is 9.76. The first kappa shape index (κ1) is 18.0. The molecule has 1 aliphatic rings. The number of benzene rings is 1. The Labute approximate surface area is 142 Å². The maximum Gasteiger partial charge on any atom is 0.307 e. The molecule has 130 valence electrons. The first-order valence-corrected chi connectivity index (χ1v) is 8.21. The topological polar surface area (TPSA) is 75.6 Å². The van der Waals surface area contributed by atoms with E-state index >= 15 is 0 Å². The molecule has 2 unspecified atom stereocenters. The maximum atomic E-state index is 12.4. The molecule has 1 aromatic carbocycles. The average molecular weight is 331 g/mol. The SMILES string of the molecule is COc1ccc(CCNC(=O)C2CC(C)=C(C)CC2C(=O)O)cc1. The first-order valence-electron chi connectivity index (χ1n) is 8.21. The van der Waals surface area contributed by atoms with Crippen molar-refractivity contribution in [3.05, 3.63) is 41.0 Å². The number of hydrogen-bond donors (Lipinski definition) is 2. The molecule has 0 bridgehead atoms. The molecule has 5 heteroatoms. The lowest BCUT2D eigenvalue weighted by Gasteiger charge is -2.29. The smallest absolute Gasteiger partial charge is 0.307 e. The van der Waals surface area contributed by atoms with Gasteiger partial charge in [0.15, 0.2) is 0 Å². The van der Waals surface area contributed by atoms with E-state index in [4.69, 9.17) is 4.74 Å². The predicted molar refractivity (Wildman–Crippen MR) is 91.9 cm³/mol. The van der Waals surface area contributed by atoms with Crippen LogP contribution in [0.1, 0.15) is 32.3 Å². The van der Waals surface area contributed by atoms with Crippen LogP contribution in [0.4, 0.5) is 0 Å². The van der Waals surface area contributed by atoms with Gasteiger partial charge in [0.25, 0.3) is 0 Å². The summed E-state index contributed by atoms with van der Waals surface area (Å²) < 4.78 is 5.11. The van der Waals surface area contributed by atoms with Crippen molar-refractivity contribution < 1.29 is 19.4 Å². The molecule has 2 atom stereocenters. The molecule has 2 rings (SSSR count). The molecule has 1 aliphatic carbocycles. The van der Waals surface area contributed by atoms with E-state index in [2.05, 4.69) is 5.32 Å². The molecule has 0 saturated carbocycles.